The van der Waals surface area contributed by atoms with E-state index in [0.29, 0.717) is 11.4 Å². The van der Waals surface area contributed by atoms with E-state index in [4.69, 9.17) is 10.4 Å². The normalized spacial score (nSPS) is 9.88. The number of halogens is 1. The Bertz CT molecular complexity index is 626. The highest BCUT2D eigenvalue weighted by Gasteiger charge is 2.13. The number of hydrogen-bond donors (Lipinski definition) is 1. The summed E-state index contributed by atoms with van der Waals surface area (Å²) in [6.07, 6.45) is 1.66. The molecule has 17 heavy (non-hydrogen) atoms. The van der Waals surface area contributed by atoms with E-state index in [0.717, 1.165) is 4.47 Å². The van der Waals surface area contributed by atoms with Crippen LogP contribution in [0.4, 0.5) is 0 Å². The van der Waals surface area contributed by atoms with Crippen LogP contribution in [0.15, 0.2) is 41.0 Å². The van der Waals surface area contributed by atoms with Gasteiger partial charge in [-0.25, -0.2) is 4.79 Å². The molecule has 1 aromatic heterocycles. The molecule has 0 unspecified atom stereocenters. The van der Waals surface area contributed by atoms with Crippen LogP contribution in [0, 0.1) is 11.3 Å². The molecule has 1 N–H and O–H groups in total. The van der Waals surface area contributed by atoms with Crippen LogP contribution in [0.1, 0.15) is 16.1 Å². The van der Waals surface area contributed by atoms with Crippen molar-refractivity contribution < 1.29 is 9.90 Å². The Balaban J connectivity index is 2.70. The molecule has 0 atom stereocenters. The van der Waals surface area contributed by atoms with Gasteiger partial charge >= 0.3 is 5.97 Å². The number of benzene rings is 1. The Morgan fingerprint density at radius 2 is 2.18 bits per heavy atom. The third-order valence-corrected chi connectivity index (χ3v) is 2.81. The summed E-state index contributed by atoms with van der Waals surface area (Å²) in [6, 6.07) is 10.2. The predicted molar refractivity (Wildman–Crippen MR) is 65.1 cm³/mol. The first-order chi connectivity index (χ1) is 8.13. The molecular weight excluding hydrogens is 284 g/mol. The third kappa shape index (κ3) is 2.08. The van der Waals surface area contributed by atoms with Gasteiger partial charge in [-0.3, -0.25) is 0 Å². The van der Waals surface area contributed by atoms with Crippen LogP contribution in [0.2, 0.25) is 0 Å². The first kappa shape index (κ1) is 11.4. The van der Waals surface area contributed by atoms with E-state index in [-0.39, 0.29) is 5.56 Å². The van der Waals surface area contributed by atoms with Gasteiger partial charge in [-0.2, -0.15) is 5.26 Å². The maximum absolute atomic E-state index is 11.1. The van der Waals surface area contributed by atoms with Gasteiger partial charge in [-0.05, 0) is 30.3 Å². The number of rotatable bonds is 2. The highest BCUT2D eigenvalue weighted by atomic mass is 79.9. The van der Waals surface area contributed by atoms with Crippen LogP contribution >= 0.6 is 15.9 Å². The second-order valence-electron chi connectivity index (χ2n) is 3.34. The van der Waals surface area contributed by atoms with Crippen molar-refractivity contribution in [1.29, 1.82) is 5.26 Å². The van der Waals surface area contributed by atoms with E-state index in [1.807, 2.05) is 6.07 Å². The Kier molecular flexibility index (Phi) is 2.98. The number of nitrogens with zero attached hydrogens (tertiary/aromatic N) is 2. The summed E-state index contributed by atoms with van der Waals surface area (Å²) in [7, 11) is 0. The van der Waals surface area contributed by atoms with E-state index in [1.54, 1.807) is 35.0 Å². The van der Waals surface area contributed by atoms with Crippen molar-refractivity contribution in [1.82, 2.24) is 4.57 Å². The lowest BCUT2D eigenvalue weighted by Gasteiger charge is -2.09. The van der Waals surface area contributed by atoms with Crippen LogP contribution in [-0.4, -0.2) is 15.6 Å². The molecule has 0 aliphatic rings. The lowest BCUT2D eigenvalue weighted by Crippen LogP contribution is -2.06. The van der Waals surface area contributed by atoms with Crippen LogP contribution < -0.4 is 0 Å². The number of hydrogen-bond acceptors (Lipinski definition) is 2. The fourth-order valence-corrected chi connectivity index (χ4v) is 1.92. The summed E-state index contributed by atoms with van der Waals surface area (Å²) >= 11 is 3.29. The number of carbonyl (C=O) groups is 1. The minimum atomic E-state index is -1.02. The zero-order valence-corrected chi connectivity index (χ0v) is 10.2. The maximum Gasteiger partial charge on any atom is 0.337 e. The van der Waals surface area contributed by atoms with E-state index in [1.165, 1.54) is 6.07 Å². The molecule has 4 nitrogen and oxygen atoms in total. The van der Waals surface area contributed by atoms with Crippen molar-refractivity contribution in [2.45, 2.75) is 0 Å². The lowest BCUT2D eigenvalue weighted by atomic mass is 10.1. The Morgan fingerprint density at radius 1 is 1.41 bits per heavy atom. The average molecular weight is 291 g/mol. The van der Waals surface area contributed by atoms with Crippen molar-refractivity contribution in [3.8, 4) is 11.8 Å². The van der Waals surface area contributed by atoms with Crippen LogP contribution in [0.25, 0.3) is 5.69 Å². The molecule has 0 saturated carbocycles. The van der Waals surface area contributed by atoms with Crippen molar-refractivity contribution >= 4 is 21.9 Å². The number of aromatic nitrogens is 1. The van der Waals surface area contributed by atoms with Crippen molar-refractivity contribution in [2.24, 2.45) is 0 Å². The number of aromatic carboxylic acids is 1. The first-order valence-corrected chi connectivity index (χ1v) is 5.53. The standard InChI is InChI=1S/C12H7BrN2O2/c13-8-3-4-10(12(16)17)11(6-8)15-5-1-2-9(15)7-14/h1-6H,(H,16,17). The summed E-state index contributed by atoms with van der Waals surface area (Å²) in [5.41, 5.74) is 1.01. The minimum absolute atomic E-state index is 0.154. The first-order valence-electron chi connectivity index (χ1n) is 4.74. The monoisotopic (exact) mass is 290 g/mol. The van der Waals surface area contributed by atoms with Gasteiger partial charge in [-0.15, -0.1) is 0 Å². The highest BCUT2D eigenvalue weighted by Crippen LogP contribution is 2.22. The van der Waals surface area contributed by atoms with E-state index in [2.05, 4.69) is 15.9 Å². The smallest absolute Gasteiger partial charge is 0.337 e. The highest BCUT2D eigenvalue weighted by molar-refractivity contribution is 9.10. The number of nitriles is 1. The van der Waals surface area contributed by atoms with Gasteiger partial charge in [0, 0.05) is 10.7 Å². The predicted octanol–water partition coefficient (Wildman–Crippen LogP) is 2.81. The molecule has 0 radical (unpaired) electrons. The summed E-state index contributed by atoms with van der Waals surface area (Å²) < 4.78 is 2.31. The molecular formula is C12H7BrN2O2. The molecule has 1 aromatic carbocycles. The molecule has 0 bridgehead atoms. The molecule has 84 valence electrons. The van der Waals surface area contributed by atoms with Gasteiger partial charge in [0.2, 0.25) is 0 Å². The molecule has 2 rings (SSSR count). The van der Waals surface area contributed by atoms with Gasteiger partial charge < -0.3 is 9.67 Å². The van der Waals surface area contributed by atoms with Gasteiger partial charge in [0.1, 0.15) is 11.8 Å². The zero-order chi connectivity index (χ0) is 12.4. The van der Waals surface area contributed by atoms with Crippen LogP contribution in [0.3, 0.4) is 0 Å². The van der Waals surface area contributed by atoms with E-state index in [9.17, 15) is 4.79 Å². The number of carboxylic acid groups (broad SMARTS) is 1. The molecule has 0 amide bonds. The fraction of sp³-hybridized carbons (Fsp3) is 0. The van der Waals surface area contributed by atoms with E-state index >= 15 is 0 Å². The molecule has 2 aromatic rings. The molecule has 0 saturated heterocycles. The number of carboxylic acids is 1. The van der Waals surface area contributed by atoms with E-state index < -0.39 is 5.97 Å². The summed E-state index contributed by atoms with van der Waals surface area (Å²) in [4.78, 5) is 11.1. The van der Waals surface area contributed by atoms with Gasteiger partial charge in [0.25, 0.3) is 0 Å². The minimum Gasteiger partial charge on any atom is -0.478 e. The summed E-state index contributed by atoms with van der Waals surface area (Å²) in [6.45, 7) is 0. The van der Waals surface area contributed by atoms with Crippen molar-refractivity contribution in [3.05, 3.63) is 52.3 Å². The molecule has 0 fully saturated rings. The Hall–Kier alpha value is -2.06. The lowest BCUT2D eigenvalue weighted by molar-refractivity contribution is 0.0697. The zero-order valence-electron chi connectivity index (χ0n) is 8.59. The quantitative estimate of drug-likeness (QED) is 0.925. The van der Waals surface area contributed by atoms with Gasteiger partial charge in [0.05, 0.1) is 11.3 Å². The summed E-state index contributed by atoms with van der Waals surface area (Å²) in [5, 5.41) is 18.0. The maximum atomic E-state index is 11.1. The largest absolute Gasteiger partial charge is 0.478 e. The second kappa shape index (κ2) is 4.44. The topological polar surface area (TPSA) is 66.0 Å². The average Bonchev–Trinajstić information content (AvgIpc) is 2.76. The second-order valence-corrected chi connectivity index (χ2v) is 4.26. The third-order valence-electron chi connectivity index (χ3n) is 2.31. The SMILES string of the molecule is N#Cc1cccn1-c1cc(Br)ccc1C(=O)O. The molecule has 1 heterocycles. The Morgan fingerprint density at radius 3 is 2.82 bits per heavy atom. The molecule has 0 aliphatic heterocycles. The Labute approximate surface area is 106 Å². The van der Waals surface area contributed by atoms with Crippen molar-refractivity contribution in [3.63, 3.8) is 0 Å². The molecule has 0 aliphatic carbocycles. The van der Waals surface area contributed by atoms with Gasteiger partial charge in [0.15, 0.2) is 0 Å². The van der Waals surface area contributed by atoms with Gasteiger partial charge in [-0.1, -0.05) is 15.9 Å². The fourth-order valence-electron chi connectivity index (χ4n) is 1.57. The van der Waals surface area contributed by atoms with Crippen LogP contribution in [-0.2, 0) is 0 Å². The summed E-state index contributed by atoms with van der Waals surface area (Å²) in [5.74, 6) is -1.02. The van der Waals surface area contributed by atoms with Crippen LogP contribution in [0.5, 0.6) is 0 Å². The van der Waals surface area contributed by atoms with Crippen molar-refractivity contribution in [2.75, 3.05) is 0 Å². The molecule has 0 spiro atoms. The molecule has 5 heteroatoms.